The third kappa shape index (κ3) is 3.73. The highest BCUT2D eigenvalue weighted by Crippen LogP contribution is 2.18. The molecule has 0 atom stereocenters. The minimum absolute atomic E-state index is 0.612. The molecule has 0 aliphatic heterocycles. The van der Waals surface area contributed by atoms with Crippen molar-refractivity contribution >= 4 is 5.69 Å². The van der Waals surface area contributed by atoms with E-state index in [4.69, 9.17) is 9.47 Å². The summed E-state index contributed by atoms with van der Waals surface area (Å²) in [6.07, 6.45) is 0. The fourth-order valence-electron chi connectivity index (χ4n) is 1.95. The second-order valence-corrected chi connectivity index (χ2v) is 4.30. The number of methoxy groups -OCH3 is 2. The van der Waals surface area contributed by atoms with Gasteiger partial charge >= 0.3 is 0 Å². The SMILES string of the molecule is COCc1ccccc1NCc1cccc(OC)c1. The Labute approximate surface area is 114 Å². The molecular weight excluding hydrogens is 238 g/mol. The van der Waals surface area contributed by atoms with Crippen LogP contribution in [0.15, 0.2) is 48.5 Å². The number of benzene rings is 2. The Kier molecular flexibility index (Phi) is 4.81. The van der Waals surface area contributed by atoms with Gasteiger partial charge in [0.25, 0.3) is 0 Å². The lowest BCUT2D eigenvalue weighted by Crippen LogP contribution is -2.03. The number of para-hydroxylation sites is 1. The van der Waals surface area contributed by atoms with E-state index in [-0.39, 0.29) is 0 Å². The van der Waals surface area contributed by atoms with Crippen LogP contribution in [0.3, 0.4) is 0 Å². The van der Waals surface area contributed by atoms with Crippen molar-refractivity contribution < 1.29 is 9.47 Å². The highest BCUT2D eigenvalue weighted by molar-refractivity contribution is 5.51. The van der Waals surface area contributed by atoms with E-state index in [0.717, 1.165) is 23.5 Å². The molecule has 0 unspecified atom stereocenters. The summed E-state index contributed by atoms with van der Waals surface area (Å²) < 4.78 is 10.4. The smallest absolute Gasteiger partial charge is 0.119 e. The first kappa shape index (κ1) is 13.4. The largest absolute Gasteiger partial charge is 0.497 e. The van der Waals surface area contributed by atoms with Crippen LogP contribution in [-0.2, 0) is 17.9 Å². The Balaban J connectivity index is 2.05. The van der Waals surface area contributed by atoms with E-state index < -0.39 is 0 Å². The van der Waals surface area contributed by atoms with Gasteiger partial charge in [0.1, 0.15) is 5.75 Å². The molecule has 0 aromatic heterocycles. The number of hydrogen-bond donors (Lipinski definition) is 1. The van der Waals surface area contributed by atoms with Crippen molar-refractivity contribution in [3.05, 3.63) is 59.7 Å². The average Bonchev–Trinajstić information content (AvgIpc) is 2.47. The first-order valence-corrected chi connectivity index (χ1v) is 6.27. The van der Waals surface area contributed by atoms with Gasteiger partial charge in [-0.15, -0.1) is 0 Å². The number of anilines is 1. The Morgan fingerprint density at radius 3 is 2.63 bits per heavy atom. The molecule has 19 heavy (non-hydrogen) atoms. The molecule has 0 radical (unpaired) electrons. The van der Waals surface area contributed by atoms with Gasteiger partial charge in [-0.2, -0.15) is 0 Å². The van der Waals surface area contributed by atoms with Crippen molar-refractivity contribution in [1.82, 2.24) is 0 Å². The maximum absolute atomic E-state index is 5.22. The summed E-state index contributed by atoms with van der Waals surface area (Å²) in [5.74, 6) is 0.879. The summed E-state index contributed by atoms with van der Waals surface area (Å²) in [6, 6.07) is 16.2. The minimum Gasteiger partial charge on any atom is -0.497 e. The molecule has 0 heterocycles. The van der Waals surface area contributed by atoms with Crippen LogP contribution in [0.5, 0.6) is 5.75 Å². The van der Waals surface area contributed by atoms with E-state index in [1.165, 1.54) is 5.56 Å². The van der Waals surface area contributed by atoms with Crippen LogP contribution < -0.4 is 10.1 Å². The maximum Gasteiger partial charge on any atom is 0.119 e. The van der Waals surface area contributed by atoms with Gasteiger partial charge in [0, 0.05) is 24.9 Å². The van der Waals surface area contributed by atoms with Gasteiger partial charge in [-0.1, -0.05) is 30.3 Å². The van der Waals surface area contributed by atoms with Gasteiger partial charge in [0.05, 0.1) is 13.7 Å². The normalized spacial score (nSPS) is 10.2. The fourth-order valence-corrected chi connectivity index (χ4v) is 1.95. The predicted octanol–water partition coefficient (Wildman–Crippen LogP) is 3.45. The molecule has 2 aromatic carbocycles. The quantitative estimate of drug-likeness (QED) is 0.859. The molecule has 3 nitrogen and oxygen atoms in total. The van der Waals surface area contributed by atoms with Crippen LogP contribution in [0.1, 0.15) is 11.1 Å². The van der Waals surface area contributed by atoms with E-state index in [1.807, 2.05) is 30.3 Å². The summed E-state index contributed by atoms with van der Waals surface area (Å²) >= 11 is 0. The lowest BCUT2D eigenvalue weighted by molar-refractivity contribution is 0.185. The molecule has 0 aliphatic rings. The van der Waals surface area contributed by atoms with E-state index in [0.29, 0.717) is 6.61 Å². The van der Waals surface area contributed by atoms with Gasteiger partial charge in [-0.05, 0) is 23.8 Å². The van der Waals surface area contributed by atoms with Crippen molar-refractivity contribution in [3.63, 3.8) is 0 Å². The van der Waals surface area contributed by atoms with Gasteiger partial charge in [-0.25, -0.2) is 0 Å². The molecule has 0 bridgehead atoms. The maximum atomic E-state index is 5.22. The molecule has 0 spiro atoms. The lowest BCUT2D eigenvalue weighted by Gasteiger charge is -2.12. The first-order valence-electron chi connectivity index (χ1n) is 6.27. The molecule has 0 saturated heterocycles. The van der Waals surface area contributed by atoms with Gasteiger partial charge in [-0.3, -0.25) is 0 Å². The highest BCUT2D eigenvalue weighted by Gasteiger charge is 2.01. The summed E-state index contributed by atoms with van der Waals surface area (Å²) in [5, 5.41) is 3.43. The zero-order valence-corrected chi connectivity index (χ0v) is 11.3. The van der Waals surface area contributed by atoms with Crippen molar-refractivity contribution in [2.24, 2.45) is 0 Å². The predicted molar refractivity (Wildman–Crippen MR) is 77.5 cm³/mol. The van der Waals surface area contributed by atoms with Crippen molar-refractivity contribution in [2.45, 2.75) is 13.2 Å². The minimum atomic E-state index is 0.612. The Morgan fingerprint density at radius 1 is 1.00 bits per heavy atom. The fraction of sp³-hybridized carbons (Fsp3) is 0.250. The summed E-state index contributed by atoms with van der Waals surface area (Å²) in [5.41, 5.74) is 3.45. The standard InChI is InChI=1S/C16H19NO2/c1-18-12-14-7-3-4-9-16(14)17-11-13-6-5-8-15(10-13)19-2/h3-10,17H,11-12H2,1-2H3. The Hall–Kier alpha value is -2.00. The molecule has 1 N–H and O–H groups in total. The molecule has 100 valence electrons. The molecule has 0 amide bonds. The van der Waals surface area contributed by atoms with E-state index >= 15 is 0 Å². The topological polar surface area (TPSA) is 30.5 Å². The molecule has 2 aromatic rings. The van der Waals surface area contributed by atoms with Crippen molar-refractivity contribution in [1.29, 1.82) is 0 Å². The van der Waals surface area contributed by atoms with Gasteiger partial charge < -0.3 is 14.8 Å². The van der Waals surface area contributed by atoms with Gasteiger partial charge in [0.2, 0.25) is 0 Å². The zero-order valence-electron chi connectivity index (χ0n) is 11.3. The average molecular weight is 257 g/mol. The van der Waals surface area contributed by atoms with Crippen LogP contribution in [0, 0.1) is 0 Å². The second-order valence-electron chi connectivity index (χ2n) is 4.30. The van der Waals surface area contributed by atoms with Crippen LogP contribution in [-0.4, -0.2) is 14.2 Å². The molecular formula is C16H19NO2. The number of rotatable bonds is 6. The third-order valence-electron chi connectivity index (χ3n) is 2.93. The molecule has 0 fully saturated rings. The number of nitrogens with one attached hydrogen (secondary N) is 1. The second kappa shape index (κ2) is 6.81. The van der Waals surface area contributed by atoms with Crippen LogP contribution in [0.4, 0.5) is 5.69 Å². The van der Waals surface area contributed by atoms with E-state index in [9.17, 15) is 0 Å². The summed E-state index contributed by atoms with van der Waals surface area (Å²) in [6.45, 7) is 1.37. The molecule has 0 saturated carbocycles. The number of hydrogen-bond acceptors (Lipinski definition) is 3. The Bertz CT molecular complexity index is 526. The van der Waals surface area contributed by atoms with Crippen molar-refractivity contribution in [3.8, 4) is 5.75 Å². The van der Waals surface area contributed by atoms with E-state index in [1.54, 1.807) is 14.2 Å². The Morgan fingerprint density at radius 2 is 1.84 bits per heavy atom. The third-order valence-corrected chi connectivity index (χ3v) is 2.93. The van der Waals surface area contributed by atoms with Crippen molar-refractivity contribution in [2.75, 3.05) is 19.5 Å². The van der Waals surface area contributed by atoms with Gasteiger partial charge in [0.15, 0.2) is 0 Å². The van der Waals surface area contributed by atoms with E-state index in [2.05, 4.69) is 23.5 Å². The molecule has 3 heteroatoms. The van der Waals surface area contributed by atoms with Crippen LogP contribution >= 0.6 is 0 Å². The first-order chi connectivity index (χ1) is 9.33. The monoisotopic (exact) mass is 257 g/mol. The summed E-state index contributed by atoms with van der Waals surface area (Å²) in [4.78, 5) is 0. The van der Waals surface area contributed by atoms with Crippen LogP contribution in [0.2, 0.25) is 0 Å². The lowest BCUT2D eigenvalue weighted by atomic mass is 10.1. The number of ether oxygens (including phenoxy) is 2. The zero-order chi connectivity index (χ0) is 13.5. The molecule has 0 aliphatic carbocycles. The molecule has 2 rings (SSSR count). The highest BCUT2D eigenvalue weighted by atomic mass is 16.5. The summed E-state index contributed by atoms with van der Waals surface area (Å²) in [7, 11) is 3.39. The van der Waals surface area contributed by atoms with Crippen LogP contribution in [0.25, 0.3) is 0 Å².